The van der Waals surface area contributed by atoms with Crippen molar-refractivity contribution in [2.45, 2.75) is 25.0 Å². The average molecular weight is 814 g/mol. The maximum atomic E-state index is 5.96. The van der Waals surface area contributed by atoms with Gasteiger partial charge in [-0.25, -0.2) is 29.9 Å². The molecule has 0 N–H and O–H groups in total. The first-order valence-corrected chi connectivity index (χ1v) is 15.9. The molecule has 41 heavy (non-hydrogen) atoms. The summed E-state index contributed by atoms with van der Waals surface area (Å²) in [6.45, 7) is 0. The zero-order valence-electron chi connectivity index (χ0n) is 19.2. The van der Waals surface area contributed by atoms with Gasteiger partial charge in [-0.2, -0.15) is 0 Å². The van der Waals surface area contributed by atoms with E-state index in [0.29, 0.717) is 11.1 Å². The van der Waals surface area contributed by atoms with Crippen LogP contribution in [0.4, 0.5) is 0 Å². The van der Waals surface area contributed by atoms with Crippen LogP contribution in [0.1, 0.15) is 23.3 Å². The first kappa shape index (κ1) is 34.2. The van der Waals surface area contributed by atoms with Crippen molar-refractivity contribution in [3.63, 3.8) is 0 Å². The zero-order chi connectivity index (χ0) is 30.4. The number of alkyl halides is 12. The van der Waals surface area contributed by atoms with Crippen LogP contribution >= 0.6 is 151 Å². The van der Waals surface area contributed by atoms with Gasteiger partial charge in [0.15, 0.2) is 34.9 Å². The number of nitrogens with zero attached hydrogens (tertiary/aromatic N) is 6. The molecule has 0 spiro atoms. The first-order chi connectivity index (χ1) is 18.8. The van der Waals surface area contributed by atoms with E-state index in [1.54, 1.807) is 24.3 Å². The van der Waals surface area contributed by atoms with E-state index in [9.17, 15) is 0 Å². The van der Waals surface area contributed by atoms with Crippen molar-refractivity contribution < 1.29 is 0 Å². The molecular weight excluding hydrogens is 806 g/mol. The first-order valence-electron chi connectivity index (χ1n) is 10.5. The van der Waals surface area contributed by atoms with E-state index in [-0.39, 0.29) is 34.9 Å². The van der Waals surface area contributed by atoms with Crippen LogP contribution in [0.25, 0.3) is 22.8 Å². The van der Waals surface area contributed by atoms with Gasteiger partial charge in [0.05, 0.1) is 0 Å². The van der Waals surface area contributed by atoms with Gasteiger partial charge in [0, 0.05) is 20.9 Å². The predicted octanol–water partition coefficient (Wildman–Crippen LogP) is 10.8. The van der Waals surface area contributed by atoms with Crippen LogP contribution < -0.4 is 0 Å². The topological polar surface area (TPSA) is 77.3 Å². The minimum Gasteiger partial charge on any atom is -0.209 e. The fourth-order valence-corrected chi connectivity index (χ4v) is 4.83. The molecule has 0 atom stereocenters. The Balaban J connectivity index is 1.58. The van der Waals surface area contributed by atoms with Gasteiger partial charge in [-0.3, -0.25) is 0 Å². The van der Waals surface area contributed by atoms with Crippen LogP contribution in [-0.4, -0.2) is 29.9 Å². The molecule has 2 aromatic heterocycles. The average Bonchev–Trinajstić information content (AvgIpc) is 2.87. The lowest BCUT2D eigenvalue weighted by molar-refractivity contribution is 0.851. The lowest BCUT2D eigenvalue weighted by Gasteiger charge is -2.16. The fourth-order valence-electron chi connectivity index (χ4n) is 3.00. The standard InChI is InChI=1S/C22H8Cl12N6S/c23-19(24,25)15-35-13(36-16(39-15)20(26,27)28)9-1-5-11(6-2-9)41-12-7-3-10(4-8-12)14-37-17(21(29,30)31)40-18(38-14)22(32,33)34/h1-8H. The van der Waals surface area contributed by atoms with Crippen molar-refractivity contribution in [3.8, 4) is 22.8 Å². The van der Waals surface area contributed by atoms with Crippen molar-refractivity contribution in [1.29, 1.82) is 0 Å². The molecule has 19 heteroatoms. The van der Waals surface area contributed by atoms with Crippen LogP contribution in [0, 0.1) is 0 Å². The molecule has 0 amide bonds. The van der Waals surface area contributed by atoms with Crippen LogP contribution in [0.5, 0.6) is 0 Å². The van der Waals surface area contributed by atoms with Crippen LogP contribution in [0.2, 0.25) is 0 Å². The third kappa shape index (κ3) is 9.16. The summed E-state index contributed by atoms with van der Waals surface area (Å²) in [5.74, 6) is -0.437. The van der Waals surface area contributed by atoms with Gasteiger partial charge < -0.3 is 0 Å². The molecule has 0 unspecified atom stereocenters. The Labute approximate surface area is 297 Å². The Kier molecular flexibility index (Phi) is 10.8. The van der Waals surface area contributed by atoms with E-state index in [4.69, 9.17) is 139 Å². The van der Waals surface area contributed by atoms with Crippen LogP contribution in [0.15, 0.2) is 58.3 Å². The molecule has 0 radical (unpaired) electrons. The molecule has 0 aliphatic heterocycles. The van der Waals surface area contributed by atoms with Crippen molar-refractivity contribution in [3.05, 3.63) is 71.8 Å². The lowest BCUT2D eigenvalue weighted by Crippen LogP contribution is -2.16. The highest BCUT2D eigenvalue weighted by Crippen LogP contribution is 2.42. The maximum Gasteiger partial charge on any atom is 0.250 e. The minimum absolute atomic E-state index is 0.157. The highest BCUT2D eigenvalue weighted by atomic mass is 35.6. The minimum atomic E-state index is -1.96. The van der Waals surface area contributed by atoms with Gasteiger partial charge in [0.1, 0.15) is 0 Å². The summed E-state index contributed by atoms with van der Waals surface area (Å²) in [6, 6.07) is 14.4. The summed E-state index contributed by atoms with van der Waals surface area (Å²) in [5, 5.41) is 0. The predicted molar refractivity (Wildman–Crippen MR) is 172 cm³/mol. The van der Waals surface area contributed by atoms with Crippen molar-refractivity contribution in [1.82, 2.24) is 29.9 Å². The molecule has 6 nitrogen and oxygen atoms in total. The second kappa shape index (κ2) is 13.0. The molecule has 0 saturated carbocycles. The van der Waals surface area contributed by atoms with Gasteiger partial charge in [-0.1, -0.05) is 175 Å². The van der Waals surface area contributed by atoms with E-state index >= 15 is 0 Å². The Hall–Kier alpha value is 0.290. The van der Waals surface area contributed by atoms with E-state index < -0.39 is 15.2 Å². The monoisotopic (exact) mass is 808 g/mol. The number of hydrogen-bond acceptors (Lipinski definition) is 7. The number of hydrogen-bond donors (Lipinski definition) is 0. The summed E-state index contributed by atoms with van der Waals surface area (Å²) in [5.41, 5.74) is 1.14. The molecule has 0 aliphatic carbocycles. The fraction of sp³-hybridized carbons (Fsp3) is 0.182. The summed E-state index contributed by atoms with van der Waals surface area (Å²) in [7, 11) is 0. The Bertz CT molecular complexity index is 1370. The summed E-state index contributed by atoms with van der Waals surface area (Å²) in [4.78, 5) is 26.6. The molecular formula is C22H8Cl12N6S. The van der Waals surface area contributed by atoms with E-state index in [1.165, 1.54) is 11.8 Å². The zero-order valence-corrected chi connectivity index (χ0v) is 29.1. The van der Waals surface area contributed by atoms with E-state index in [0.717, 1.165) is 9.79 Å². The quantitative estimate of drug-likeness (QED) is 0.190. The van der Waals surface area contributed by atoms with Crippen LogP contribution in [0.3, 0.4) is 0 Å². The van der Waals surface area contributed by atoms with Gasteiger partial charge >= 0.3 is 0 Å². The SMILES string of the molecule is ClC(Cl)(Cl)c1nc(-c2ccc(Sc3ccc(-c4nc(C(Cl)(Cl)Cl)nc(C(Cl)(Cl)Cl)n4)cc3)cc2)nc(C(Cl)(Cl)Cl)n1. The largest absolute Gasteiger partial charge is 0.250 e. The van der Waals surface area contributed by atoms with E-state index in [1.807, 2.05) is 24.3 Å². The van der Waals surface area contributed by atoms with Crippen molar-refractivity contribution in [2.75, 3.05) is 0 Å². The summed E-state index contributed by atoms with van der Waals surface area (Å²) >= 11 is 73.0. The highest BCUT2D eigenvalue weighted by molar-refractivity contribution is 7.99. The third-order valence-corrected chi connectivity index (χ3v) is 7.79. The molecule has 4 rings (SSSR count). The maximum absolute atomic E-state index is 5.96. The lowest BCUT2D eigenvalue weighted by atomic mass is 10.2. The Morgan fingerprint density at radius 2 is 0.610 bits per heavy atom. The number of aromatic nitrogens is 6. The molecule has 216 valence electrons. The van der Waals surface area contributed by atoms with Gasteiger partial charge in [0.25, 0.3) is 0 Å². The number of rotatable bonds is 4. The summed E-state index contributed by atoms with van der Waals surface area (Å²) in [6.07, 6.45) is 0. The molecule has 0 aliphatic rings. The molecule has 2 heterocycles. The van der Waals surface area contributed by atoms with Crippen molar-refractivity contribution in [2.24, 2.45) is 0 Å². The second-order valence-corrected chi connectivity index (χ2v) is 18.0. The molecule has 0 bridgehead atoms. The Morgan fingerprint density at radius 1 is 0.366 bits per heavy atom. The second-order valence-electron chi connectivity index (χ2n) is 7.75. The van der Waals surface area contributed by atoms with E-state index in [2.05, 4.69) is 29.9 Å². The Morgan fingerprint density at radius 3 is 0.829 bits per heavy atom. The van der Waals surface area contributed by atoms with Gasteiger partial charge in [-0.05, 0) is 24.3 Å². The van der Waals surface area contributed by atoms with Gasteiger partial charge in [-0.15, -0.1) is 0 Å². The number of benzene rings is 2. The third-order valence-electron chi connectivity index (χ3n) is 4.75. The number of halogens is 12. The molecule has 0 fully saturated rings. The van der Waals surface area contributed by atoms with Gasteiger partial charge in [0.2, 0.25) is 15.2 Å². The highest BCUT2D eigenvalue weighted by Gasteiger charge is 2.35. The molecule has 2 aromatic carbocycles. The normalized spacial score (nSPS) is 13.0. The van der Waals surface area contributed by atoms with Crippen LogP contribution in [-0.2, 0) is 15.2 Å². The summed E-state index contributed by atoms with van der Waals surface area (Å²) < 4.78 is -7.85. The molecule has 4 aromatic rings. The molecule has 0 saturated heterocycles. The smallest absolute Gasteiger partial charge is 0.209 e. The van der Waals surface area contributed by atoms with Crippen molar-refractivity contribution >= 4 is 151 Å².